The van der Waals surface area contributed by atoms with Crippen molar-refractivity contribution in [2.24, 2.45) is 0 Å². The van der Waals surface area contributed by atoms with Gasteiger partial charge < -0.3 is 20.3 Å². The molecule has 2 N–H and O–H groups in total. The van der Waals surface area contributed by atoms with Gasteiger partial charge in [0.05, 0.1) is 13.2 Å². The average molecular weight is 360 g/mol. The lowest BCUT2D eigenvalue weighted by Crippen LogP contribution is -2.49. The average Bonchev–Trinajstić information content (AvgIpc) is 2.67. The van der Waals surface area contributed by atoms with Gasteiger partial charge in [0.15, 0.2) is 0 Å². The number of amides is 2. The lowest BCUT2D eigenvalue weighted by molar-refractivity contribution is -0.139. The van der Waals surface area contributed by atoms with Crippen molar-refractivity contribution >= 4 is 11.8 Å². The Balaban J connectivity index is 2.06. The van der Waals surface area contributed by atoms with Gasteiger partial charge in [0.2, 0.25) is 0 Å². The number of piperazine rings is 1. The van der Waals surface area contributed by atoms with Gasteiger partial charge >= 0.3 is 11.8 Å². The minimum absolute atomic E-state index is 0.00533. The quantitative estimate of drug-likeness (QED) is 0.544. The van der Waals surface area contributed by atoms with Gasteiger partial charge in [0.25, 0.3) is 0 Å². The third-order valence-corrected chi connectivity index (χ3v) is 4.55. The third-order valence-electron chi connectivity index (χ3n) is 4.55. The number of rotatable bonds is 7. The zero-order valence-corrected chi connectivity index (χ0v) is 15.5. The minimum Gasteiger partial charge on any atom is -0.497 e. The molecule has 1 atom stereocenters. The van der Waals surface area contributed by atoms with Crippen molar-refractivity contribution in [2.45, 2.75) is 6.04 Å². The maximum atomic E-state index is 12.0. The number of hydrogen-bond acceptors (Lipinski definition) is 5. The number of benzene rings is 1. The van der Waals surface area contributed by atoms with Crippen molar-refractivity contribution in [3.8, 4) is 5.75 Å². The molecule has 0 radical (unpaired) electrons. The van der Waals surface area contributed by atoms with Crippen LogP contribution in [0.3, 0.4) is 0 Å². The highest BCUT2D eigenvalue weighted by molar-refractivity contribution is 6.35. The number of carbonyl (C=O) groups excluding carboxylic acids is 2. The molecule has 1 aliphatic rings. The summed E-state index contributed by atoms with van der Waals surface area (Å²) in [6, 6.07) is 7.84. The van der Waals surface area contributed by atoms with Gasteiger partial charge in [-0.15, -0.1) is 6.58 Å². The predicted molar refractivity (Wildman–Crippen MR) is 101 cm³/mol. The zero-order chi connectivity index (χ0) is 18.9. The first kappa shape index (κ1) is 19.9. The van der Waals surface area contributed by atoms with Crippen molar-refractivity contribution in [2.75, 3.05) is 53.4 Å². The van der Waals surface area contributed by atoms with Crippen LogP contribution >= 0.6 is 0 Å². The number of hydrogen-bond donors (Lipinski definition) is 2. The Morgan fingerprint density at radius 1 is 1.15 bits per heavy atom. The molecule has 1 aromatic rings. The lowest BCUT2D eigenvalue weighted by Gasteiger charge is -2.38. The summed E-state index contributed by atoms with van der Waals surface area (Å²) < 4.78 is 5.22. The fraction of sp³-hybridized carbons (Fsp3) is 0.474. The van der Waals surface area contributed by atoms with Crippen LogP contribution in [0.5, 0.6) is 5.75 Å². The van der Waals surface area contributed by atoms with Gasteiger partial charge in [-0.05, 0) is 24.7 Å². The standard InChI is InChI=1S/C19H28N4O3/c1-4-9-20-18(24)19(25)21-14-17(23-12-10-22(2)11-13-23)15-5-7-16(26-3)8-6-15/h4-8,17H,1,9-14H2,2-3H3,(H,20,24)(H,21,25). The number of nitrogens with zero attached hydrogens (tertiary/aromatic N) is 2. The van der Waals surface area contributed by atoms with E-state index in [1.54, 1.807) is 7.11 Å². The second-order valence-corrected chi connectivity index (χ2v) is 6.34. The Bertz CT molecular complexity index is 610. The molecule has 1 fully saturated rings. The molecular weight excluding hydrogens is 332 g/mol. The van der Waals surface area contributed by atoms with Crippen LogP contribution in [0, 0.1) is 0 Å². The van der Waals surface area contributed by atoms with Crippen LogP contribution in [0.1, 0.15) is 11.6 Å². The maximum absolute atomic E-state index is 12.0. The molecule has 2 amide bonds. The van der Waals surface area contributed by atoms with Crippen molar-refractivity contribution in [3.05, 3.63) is 42.5 Å². The Morgan fingerprint density at radius 3 is 2.35 bits per heavy atom. The highest BCUT2D eigenvalue weighted by Crippen LogP contribution is 2.23. The zero-order valence-electron chi connectivity index (χ0n) is 15.5. The molecule has 0 bridgehead atoms. The van der Waals surface area contributed by atoms with Crippen molar-refractivity contribution in [1.29, 1.82) is 0 Å². The Hall–Kier alpha value is -2.38. The van der Waals surface area contributed by atoms with Crippen molar-refractivity contribution < 1.29 is 14.3 Å². The van der Waals surface area contributed by atoms with Crippen LogP contribution in [-0.4, -0.2) is 75.0 Å². The second-order valence-electron chi connectivity index (χ2n) is 6.34. The van der Waals surface area contributed by atoms with Crippen molar-refractivity contribution in [3.63, 3.8) is 0 Å². The summed E-state index contributed by atoms with van der Waals surface area (Å²) in [5.74, 6) is -0.477. The first-order valence-corrected chi connectivity index (χ1v) is 8.78. The van der Waals surface area contributed by atoms with Gasteiger partial charge in [-0.3, -0.25) is 14.5 Å². The highest BCUT2D eigenvalue weighted by Gasteiger charge is 2.25. The summed E-state index contributed by atoms with van der Waals surface area (Å²) in [4.78, 5) is 28.4. The Kier molecular flexibility index (Phi) is 7.62. The molecule has 0 aliphatic carbocycles. The molecule has 1 aliphatic heterocycles. The Labute approximate surface area is 155 Å². The summed E-state index contributed by atoms with van der Waals surface area (Å²) in [6.07, 6.45) is 1.54. The highest BCUT2D eigenvalue weighted by atomic mass is 16.5. The molecule has 1 saturated heterocycles. The van der Waals surface area contributed by atoms with E-state index < -0.39 is 11.8 Å². The minimum atomic E-state index is -0.642. The molecule has 7 nitrogen and oxygen atoms in total. The summed E-state index contributed by atoms with van der Waals surface area (Å²) in [5.41, 5.74) is 1.09. The maximum Gasteiger partial charge on any atom is 0.309 e. The van der Waals surface area contributed by atoms with Crippen LogP contribution < -0.4 is 15.4 Å². The third kappa shape index (κ3) is 5.57. The van der Waals surface area contributed by atoms with E-state index in [2.05, 4.69) is 34.1 Å². The largest absolute Gasteiger partial charge is 0.497 e. The fourth-order valence-corrected chi connectivity index (χ4v) is 2.93. The summed E-state index contributed by atoms with van der Waals surface area (Å²) in [5, 5.41) is 5.25. The lowest BCUT2D eigenvalue weighted by atomic mass is 10.0. The topological polar surface area (TPSA) is 73.9 Å². The molecule has 1 heterocycles. The van der Waals surface area contributed by atoms with E-state index in [-0.39, 0.29) is 12.6 Å². The first-order valence-electron chi connectivity index (χ1n) is 8.78. The molecule has 26 heavy (non-hydrogen) atoms. The summed E-state index contributed by atoms with van der Waals surface area (Å²) >= 11 is 0. The molecule has 1 unspecified atom stereocenters. The van der Waals surface area contributed by atoms with Gasteiger partial charge in [-0.1, -0.05) is 18.2 Å². The number of ether oxygens (including phenoxy) is 1. The SMILES string of the molecule is C=CCNC(=O)C(=O)NCC(c1ccc(OC)cc1)N1CCN(C)CC1. The molecule has 2 rings (SSSR count). The molecule has 0 spiro atoms. The molecule has 7 heteroatoms. The summed E-state index contributed by atoms with van der Waals surface area (Å²) in [7, 11) is 3.74. The normalized spacial score (nSPS) is 16.5. The van der Waals surface area contributed by atoms with Crippen LogP contribution in [0.15, 0.2) is 36.9 Å². The van der Waals surface area contributed by atoms with Crippen molar-refractivity contribution in [1.82, 2.24) is 20.4 Å². The summed E-state index contributed by atoms with van der Waals surface area (Å²) in [6.45, 7) is 7.92. The smallest absolute Gasteiger partial charge is 0.309 e. The fourth-order valence-electron chi connectivity index (χ4n) is 2.93. The number of methoxy groups -OCH3 is 1. The predicted octanol–water partition coefficient (Wildman–Crippen LogP) is 0.402. The van der Waals surface area contributed by atoms with E-state index in [1.807, 2.05) is 24.3 Å². The van der Waals surface area contributed by atoms with E-state index in [0.29, 0.717) is 6.54 Å². The van der Waals surface area contributed by atoms with Crippen LogP contribution in [0.25, 0.3) is 0 Å². The van der Waals surface area contributed by atoms with E-state index in [9.17, 15) is 9.59 Å². The number of nitrogens with one attached hydrogen (secondary N) is 2. The van der Waals surface area contributed by atoms with Gasteiger partial charge in [-0.25, -0.2) is 0 Å². The monoisotopic (exact) mass is 360 g/mol. The van der Waals surface area contributed by atoms with Gasteiger partial charge in [-0.2, -0.15) is 0 Å². The first-order chi connectivity index (χ1) is 12.5. The second kappa shape index (κ2) is 9.94. The molecule has 142 valence electrons. The molecular formula is C19H28N4O3. The number of likely N-dealkylation sites (N-methyl/N-ethyl adjacent to an activating group) is 1. The van der Waals surface area contributed by atoms with Crippen LogP contribution in [0.2, 0.25) is 0 Å². The van der Waals surface area contributed by atoms with E-state index in [4.69, 9.17) is 4.74 Å². The molecule has 0 saturated carbocycles. The number of carbonyl (C=O) groups is 2. The van der Waals surface area contributed by atoms with Crippen LogP contribution in [-0.2, 0) is 9.59 Å². The van der Waals surface area contributed by atoms with Gasteiger partial charge in [0, 0.05) is 39.3 Å². The Morgan fingerprint density at radius 2 is 1.77 bits per heavy atom. The van der Waals surface area contributed by atoms with Gasteiger partial charge in [0.1, 0.15) is 5.75 Å². The van der Waals surface area contributed by atoms with Crippen LogP contribution in [0.4, 0.5) is 0 Å². The van der Waals surface area contributed by atoms with E-state index in [1.165, 1.54) is 6.08 Å². The molecule has 0 aromatic heterocycles. The van der Waals surface area contributed by atoms with E-state index >= 15 is 0 Å². The molecule has 1 aromatic carbocycles. The van der Waals surface area contributed by atoms with E-state index in [0.717, 1.165) is 37.5 Å².